The second kappa shape index (κ2) is 5.11. The van der Waals surface area contributed by atoms with Gasteiger partial charge in [-0.05, 0) is 37.6 Å². The third-order valence-corrected chi connectivity index (χ3v) is 3.32. The molecule has 3 heteroatoms. The van der Waals surface area contributed by atoms with Gasteiger partial charge >= 0.3 is 0 Å². The standard InChI is InChI=1S/C13H18BrNO/c1-9-4-5-10(14)8-11(9)12(16)13(2,3)6-7-15/h4-5,8H,6-7,15H2,1-3H3. The summed E-state index contributed by atoms with van der Waals surface area (Å²) in [7, 11) is 0. The Labute approximate surface area is 105 Å². The Hall–Kier alpha value is -0.670. The van der Waals surface area contributed by atoms with Crippen molar-refractivity contribution in [2.45, 2.75) is 27.2 Å². The summed E-state index contributed by atoms with van der Waals surface area (Å²) < 4.78 is 0.935. The molecular formula is C13H18BrNO. The predicted octanol–water partition coefficient (Wildman–Crippen LogP) is 3.32. The molecule has 0 fully saturated rings. The lowest BCUT2D eigenvalue weighted by molar-refractivity contribution is 0.0828. The van der Waals surface area contributed by atoms with Gasteiger partial charge in [0.15, 0.2) is 5.78 Å². The Balaban J connectivity index is 3.09. The van der Waals surface area contributed by atoms with Crippen LogP contribution in [0.25, 0.3) is 0 Å². The lowest BCUT2D eigenvalue weighted by Gasteiger charge is -2.23. The van der Waals surface area contributed by atoms with Crippen molar-refractivity contribution in [2.75, 3.05) is 6.54 Å². The zero-order valence-corrected chi connectivity index (χ0v) is 11.6. The molecule has 0 radical (unpaired) electrons. The van der Waals surface area contributed by atoms with Crippen molar-refractivity contribution in [2.24, 2.45) is 11.1 Å². The topological polar surface area (TPSA) is 43.1 Å². The van der Waals surface area contributed by atoms with Gasteiger partial charge in [-0.25, -0.2) is 0 Å². The average molecular weight is 284 g/mol. The zero-order chi connectivity index (χ0) is 12.3. The highest BCUT2D eigenvalue weighted by molar-refractivity contribution is 9.10. The van der Waals surface area contributed by atoms with Crippen molar-refractivity contribution >= 4 is 21.7 Å². The molecule has 1 rings (SSSR count). The minimum absolute atomic E-state index is 0.164. The van der Waals surface area contributed by atoms with Crippen LogP contribution in [0, 0.1) is 12.3 Å². The summed E-state index contributed by atoms with van der Waals surface area (Å²) in [5.74, 6) is 0.164. The second-order valence-corrected chi connectivity index (χ2v) is 5.63. The first-order valence-electron chi connectivity index (χ1n) is 5.39. The van der Waals surface area contributed by atoms with Gasteiger partial charge in [-0.15, -0.1) is 0 Å². The fourth-order valence-corrected chi connectivity index (χ4v) is 2.04. The number of carbonyl (C=O) groups excluding carboxylic acids is 1. The molecule has 0 aliphatic heterocycles. The molecule has 0 spiro atoms. The Bertz CT molecular complexity index is 399. The highest BCUT2D eigenvalue weighted by Gasteiger charge is 2.28. The molecule has 2 nitrogen and oxygen atoms in total. The van der Waals surface area contributed by atoms with Crippen molar-refractivity contribution in [1.29, 1.82) is 0 Å². The first-order valence-corrected chi connectivity index (χ1v) is 6.19. The van der Waals surface area contributed by atoms with E-state index in [2.05, 4.69) is 15.9 Å². The first kappa shape index (κ1) is 13.4. The van der Waals surface area contributed by atoms with Crippen molar-refractivity contribution in [3.63, 3.8) is 0 Å². The molecule has 0 aromatic heterocycles. The number of carbonyl (C=O) groups is 1. The molecule has 88 valence electrons. The third-order valence-electron chi connectivity index (χ3n) is 2.83. The normalized spacial score (nSPS) is 11.6. The lowest BCUT2D eigenvalue weighted by Crippen LogP contribution is -2.27. The number of rotatable bonds is 4. The van der Waals surface area contributed by atoms with Crippen molar-refractivity contribution in [3.8, 4) is 0 Å². The first-order chi connectivity index (χ1) is 7.38. The van der Waals surface area contributed by atoms with E-state index < -0.39 is 0 Å². The third kappa shape index (κ3) is 2.92. The molecule has 0 unspecified atom stereocenters. The van der Waals surface area contributed by atoms with Crippen molar-refractivity contribution in [1.82, 2.24) is 0 Å². The fourth-order valence-electron chi connectivity index (χ4n) is 1.68. The second-order valence-electron chi connectivity index (χ2n) is 4.71. The van der Waals surface area contributed by atoms with Gasteiger partial charge in [0.1, 0.15) is 0 Å². The number of hydrogen-bond acceptors (Lipinski definition) is 2. The molecule has 0 aliphatic rings. The summed E-state index contributed by atoms with van der Waals surface area (Å²) >= 11 is 3.39. The van der Waals surface area contributed by atoms with Gasteiger partial charge < -0.3 is 5.73 Å². The lowest BCUT2D eigenvalue weighted by atomic mass is 9.80. The highest BCUT2D eigenvalue weighted by atomic mass is 79.9. The van der Waals surface area contributed by atoms with Gasteiger partial charge in [0.2, 0.25) is 0 Å². The maximum absolute atomic E-state index is 12.4. The van der Waals surface area contributed by atoms with Gasteiger partial charge in [0.25, 0.3) is 0 Å². The summed E-state index contributed by atoms with van der Waals surface area (Å²) in [6, 6.07) is 5.79. The van der Waals surface area contributed by atoms with Crippen LogP contribution < -0.4 is 5.73 Å². The molecule has 1 aromatic rings. The summed E-state index contributed by atoms with van der Waals surface area (Å²) in [6.45, 7) is 6.38. The zero-order valence-electron chi connectivity index (χ0n) is 10.0. The highest BCUT2D eigenvalue weighted by Crippen LogP contribution is 2.28. The molecule has 0 saturated heterocycles. The smallest absolute Gasteiger partial charge is 0.168 e. The number of halogens is 1. The Morgan fingerprint density at radius 1 is 1.44 bits per heavy atom. The maximum Gasteiger partial charge on any atom is 0.168 e. The number of aryl methyl sites for hydroxylation is 1. The summed E-state index contributed by atoms with van der Waals surface area (Å²) in [4.78, 5) is 12.4. The number of ketones is 1. The van der Waals surface area contributed by atoms with E-state index >= 15 is 0 Å². The monoisotopic (exact) mass is 283 g/mol. The number of nitrogens with two attached hydrogens (primary N) is 1. The number of hydrogen-bond donors (Lipinski definition) is 1. The summed E-state index contributed by atoms with van der Waals surface area (Å²) in [5.41, 5.74) is 6.95. The van der Waals surface area contributed by atoms with Crippen LogP contribution in [-0.4, -0.2) is 12.3 Å². The van der Waals surface area contributed by atoms with Crippen LogP contribution >= 0.6 is 15.9 Å². The van der Waals surface area contributed by atoms with Crippen molar-refractivity contribution < 1.29 is 4.79 Å². The molecule has 0 heterocycles. The minimum atomic E-state index is -0.389. The number of Topliss-reactive ketones (excluding diaryl/α,β-unsaturated/α-hetero) is 1. The van der Waals surface area contributed by atoms with Gasteiger partial charge in [-0.2, -0.15) is 0 Å². The van der Waals surface area contributed by atoms with E-state index in [9.17, 15) is 4.79 Å². The number of benzene rings is 1. The molecular weight excluding hydrogens is 266 g/mol. The molecule has 0 amide bonds. The van der Waals surface area contributed by atoms with E-state index in [0.29, 0.717) is 13.0 Å². The van der Waals surface area contributed by atoms with E-state index in [4.69, 9.17) is 5.73 Å². The Morgan fingerprint density at radius 2 is 2.06 bits per heavy atom. The van der Waals surface area contributed by atoms with Gasteiger partial charge in [-0.3, -0.25) is 4.79 Å². The van der Waals surface area contributed by atoms with Crippen LogP contribution in [0.1, 0.15) is 36.2 Å². The van der Waals surface area contributed by atoms with Gasteiger partial charge in [0, 0.05) is 15.5 Å². The maximum atomic E-state index is 12.4. The van der Waals surface area contributed by atoms with E-state index in [0.717, 1.165) is 15.6 Å². The minimum Gasteiger partial charge on any atom is -0.330 e. The molecule has 1 aromatic carbocycles. The van der Waals surface area contributed by atoms with E-state index in [-0.39, 0.29) is 11.2 Å². The average Bonchev–Trinajstić information content (AvgIpc) is 2.20. The quantitative estimate of drug-likeness (QED) is 0.862. The van der Waals surface area contributed by atoms with Crippen LogP contribution in [0.2, 0.25) is 0 Å². The SMILES string of the molecule is Cc1ccc(Br)cc1C(=O)C(C)(C)CCN. The Kier molecular flexibility index (Phi) is 4.28. The van der Waals surface area contributed by atoms with Gasteiger partial charge in [-0.1, -0.05) is 35.8 Å². The van der Waals surface area contributed by atoms with Crippen molar-refractivity contribution in [3.05, 3.63) is 33.8 Å². The predicted molar refractivity (Wildman–Crippen MR) is 70.7 cm³/mol. The van der Waals surface area contributed by atoms with Crippen LogP contribution in [0.4, 0.5) is 0 Å². The Morgan fingerprint density at radius 3 is 2.62 bits per heavy atom. The largest absolute Gasteiger partial charge is 0.330 e. The molecule has 2 N–H and O–H groups in total. The van der Waals surface area contributed by atoms with Crippen LogP contribution in [0.15, 0.2) is 22.7 Å². The summed E-state index contributed by atoms with van der Waals surface area (Å²) in [5, 5.41) is 0. The summed E-state index contributed by atoms with van der Waals surface area (Å²) in [6.07, 6.45) is 0.706. The van der Waals surface area contributed by atoms with Crippen LogP contribution in [0.3, 0.4) is 0 Å². The fraction of sp³-hybridized carbons (Fsp3) is 0.462. The van der Waals surface area contributed by atoms with Gasteiger partial charge in [0.05, 0.1) is 0 Å². The van der Waals surface area contributed by atoms with E-state index in [1.165, 1.54) is 0 Å². The van der Waals surface area contributed by atoms with Crippen LogP contribution in [0.5, 0.6) is 0 Å². The molecule has 0 aliphatic carbocycles. The molecule has 0 saturated carbocycles. The van der Waals surface area contributed by atoms with Crippen LogP contribution in [-0.2, 0) is 0 Å². The van der Waals surface area contributed by atoms with E-state index in [1.807, 2.05) is 39.0 Å². The molecule has 0 bridgehead atoms. The molecule has 16 heavy (non-hydrogen) atoms. The van der Waals surface area contributed by atoms with E-state index in [1.54, 1.807) is 0 Å². The molecule has 0 atom stereocenters.